The van der Waals surface area contributed by atoms with Crippen molar-refractivity contribution in [3.8, 4) is 0 Å². The number of hydrogen-bond acceptors (Lipinski definition) is 5. The predicted molar refractivity (Wildman–Crippen MR) is 66.6 cm³/mol. The van der Waals surface area contributed by atoms with E-state index in [9.17, 15) is 14.7 Å². The number of aliphatic hydroxyl groups excluding tert-OH is 1. The predicted octanol–water partition coefficient (Wildman–Crippen LogP) is 0.696. The van der Waals surface area contributed by atoms with Crippen LogP contribution in [0.1, 0.15) is 10.6 Å². The maximum Gasteiger partial charge on any atom is 0.336 e. The zero-order valence-electron chi connectivity index (χ0n) is 10.3. The van der Waals surface area contributed by atoms with Crippen molar-refractivity contribution in [2.24, 2.45) is 0 Å². The summed E-state index contributed by atoms with van der Waals surface area (Å²) in [5, 5.41) is 12.5. The van der Waals surface area contributed by atoms with Crippen molar-refractivity contribution < 1.29 is 23.8 Å². The molecule has 100 valence electrons. The largest absolute Gasteiger partial charge is 0.467 e. The molecule has 0 aliphatic rings. The number of hydrogen-bond donors (Lipinski definition) is 2. The number of aliphatic hydroxyl groups is 1. The summed E-state index contributed by atoms with van der Waals surface area (Å²) >= 11 is 0. The zero-order valence-corrected chi connectivity index (χ0v) is 10.3. The number of amides is 1. The van der Waals surface area contributed by atoms with Crippen LogP contribution in [0, 0.1) is 0 Å². The van der Waals surface area contributed by atoms with Gasteiger partial charge in [0.05, 0.1) is 13.7 Å². The highest BCUT2D eigenvalue weighted by Crippen LogP contribution is 2.18. The highest BCUT2D eigenvalue weighted by atomic mass is 16.5. The molecule has 0 fully saturated rings. The van der Waals surface area contributed by atoms with E-state index in [2.05, 4.69) is 10.1 Å². The van der Waals surface area contributed by atoms with Gasteiger partial charge in [0.1, 0.15) is 5.58 Å². The zero-order chi connectivity index (χ0) is 13.8. The monoisotopic (exact) mass is 263 g/mol. The van der Waals surface area contributed by atoms with Crippen molar-refractivity contribution in [2.75, 3.05) is 13.7 Å². The molecule has 0 saturated heterocycles. The lowest BCUT2D eigenvalue weighted by Crippen LogP contribution is -2.37. The van der Waals surface area contributed by atoms with Crippen LogP contribution in [-0.4, -0.2) is 36.7 Å². The Balaban J connectivity index is 2.02. The summed E-state index contributed by atoms with van der Waals surface area (Å²) in [6.07, 6.45) is -1.39. The summed E-state index contributed by atoms with van der Waals surface area (Å²) in [5.41, 5.74) is 0.598. The minimum Gasteiger partial charge on any atom is -0.467 e. The van der Waals surface area contributed by atoms with Crippen LogP contribution in [0.15, 0.2) is 34.7 Å². The summed E-state index contributed by atoms with van der Waals surface area (Å²) in [6.45, 7) is -0.234. The average Bonchev–Trinajstić information content (AvgIpc) is 2.87. The van der Waals surface area contributed by atoms with Gasteiger partial charge in [-0.2, -0.15) is 0 Å². The topological polar surface area (TPSA) is 88.8 Å². The minimum atomic E-state index is -1.39. The molecule has 0 aliphatic carbocycles. The lowest BCUT2D eigenvalue weighted by atomic mass is 10.2. The Morgan fingerprint density at radius 2 is 2.16 bits per heavy atom. The number of ether oxygens (including phenoxy) is 1. The Kier molecular flexibility index (Phi) is 3.82. The molecule has 0 spiro atoms. The molecule has 2 N–H and O–H groups in total. The van der Waals surface area contributed by atoms with Crippen LogP contribution in [0.25, 0.3) is 11.0 Å². The van der Waals surface area contributed by atoms with Crippen molar-refractivity contribution in [3.05, 3.63) is 36.1 Å². The first-order chi connectivity index (χ1) is 9.11. The van der Waals surface area contributed by atoms with E-state index in [1.54, 1.807) is 18.2 Å². The molecule has 1 aromatic carbocycles. The molecule has 1 aromatic heterocycles. The third kappa shape index (κ3) is 2.92. The second-order valence-corrected chi connectivity index (χ2v) is 3.90. The van der Waals surface area contributed by atoms with Gasteiger partial charge >= 0.3 is 5.97 Å². The fourth-order valence-electron chi connectivity index (χ4n) is 1.59. The van der Waals surface area contributed by atoms with E-state index in [1.165, 1.54) is 0 Å². The first-order valence-corrected chi connectivity index (χ1v) is 5.64. The Morgan fingerprint density at radius 3 is 2.84 bits per heavy atom. The molecule has 1 amide bonds. The summed E-state index contributed by atoms with van der Waals surface area (Å²) in [4.78, 5) is 22.7. The molecule has 19 heavy (non-hydrogen) atoms. The summed E-state index contributed by atoms with van der Waals surface area (Å²) in [7, 11) is 1.16. The Bertz CT molecular complexity index is 571. The number of esters is 1. The van der Waals surface area contributed by atoms with E-state index in [-0.39, 0.29) is 12.3 Å². The van der Waals surface area contributed by atoms with Crippen LogP contribution >= 0.6 is 0 Å². The van der Waals surface area contributed by atoms with Gasteiger partial charge in [0, 0.05) is 5.39 Å². The van der Waals surface area contributed by atoms with Crippen LogP contribution in [0.3, 0.4) is 0 Å². The van der Waals surface area contributed by atoms with Crippen molar-refractivity contribution in [3.63, 3.8) is 0 Å². The van der Waals surface area contributed by atoms with E-state index in [4.69, 9.17) is 4.42 Å². The summed E-state index contributed by atoms with van der Waals surface area (Å²) in [6, 6.07) is 8.79. The normalized spacial score (nSPS) is 12.1. The van der Waals surface area contributed by atoms with Crippen LogP contribution in [0.4, 0.5) is 0 Å². The van der Waals surface area contributed by atoms with E-state index in [0.717, 1.165) is 12.5 Å². The molecular formula is C13H13NO5. The summed E-state index contributed by atoms with van der Waals surface area (Å²) < 4.78 is 9.67. The second-order valence-electron chi connectivity index (χ2n) is 3.90. The van der Waals surface area contributed by atoms with Crippen LogP contribution in [-0.2, 0) is 9.53 Å². The molecule has 1 heterocycles. The Morgan fingerprint density at radius 1 is 1.42 bits per heavy atom. The van der Waals surface area contributed by atoms with Gasteiger partial charge in [-0.3, -0.25) is 4.79 Å². The molecule has 0 aliphatic heterocycles. The Labute approximate surface area is 109 Å². The van der Waals surface area contributed by atoms with Crippen molar-refractivity contribution in [1.29, 1.82) is 0 Å². The molecule has 2 rings (SSSR count). The van der Waals surface area contributed by atoms with E-state index < -0.39 is 18.0 Å². The van der Waals surface area contributed by atoms with Crippen molar-refractivity contribution in [1.82, 2.24) is 5.32 Å². The first kappa shape index (κ1) is 13.1. The fraction of sp³-hybridized carbons (Fsp3) is 0.231. The molecule has 1 atom stereocenters. The number of nitrogens with one attached hydrogen (secondary N) is 1. The second kappa shape index (κ2) is 5.53. The number of methoxy groups -OCH3 is 1. The molecule has 6 nitrogen and oxygen atoms in total. The van der Waals surface area contributed by atoms with E-state index >= 15 is 0 Å². The van der Waals surface area contributed by atoms with Gasteiger partial charge in [-0.05, 0) is 12.1 Å². The average molecular weight is 263 g/mol. The van der Waals surface area contributed by atoms with Gasteiger partial charge in [-0.25, -0.2) is 4.79 Å². The number of furan rings is 1. The number of fused-ring (bicyclic) bond motifs is 1. The van der Waals surface area contributed by atoms with Gasteiger partial charge in [-0.15, -0.1) is 0 Å². The first-order valence-electron chi connectivity index (χ1n) is 5.64. The summed E-state index contributed by atoms with van der Waals surface area (Å²) in [5.74, 6) is -1.18. The SMILES string of the molecule is COC(=O)C(O)CNC(=O)c1cc2ccccc2o1. The standard InChI is InChI=1S/C13H13NO5/c1-18-13(17)9(15)7-14-12(16)11-6-8-4-2-3-5-10(8)19-11/h2-6,9,15H,7H2,1H3,(H,14,16). The van der Waals surface area contributed by atoms with Crippen molar-refractivity contribution >= 4 is 22.8 Å². The molecule has 0 saturated carbocycles. The quantitative estimate of drug-likeness (QED) is 0.792. The lowest BCUT2D eigenvalue weighted by molar-refractivity contribution is -0.149. The molecule has 6 heteroatoms. The maximum absolute atomic E-state index is 11.8. The van der Waals surface area contributed by atoms with Crippen LogP contribution < -0.4 is 5.32 Å². The Hall–Kier alpha value is -2.34. The number of carbonyl (C=O) groups is 2. The molecular weight excluding hydrogens is 250 g/mol. The van der Waals surface area contributed by atoms with Gasteiger partial charge < -0.3 is 19.6 Å². The number of benzene rings is 1. The van der Waals surface area contributed by atoms with Crippen LogP contribution in [0.5, 0.6) is 0 Å². The van der Waals surface area contributed by atoms with E-state index in [0.29, 0.717) is 5.58 Å². The number of rotatable bonds is 4. The highest BCUT2D eigenvalue weighted by molar-refractivity contribution is 5.96. The highest BCUT2D eigenvalue weighted by Gasteiger charge is 2.18. The van der Waals surface area contributed by atoms with Gasteiger partial charge in [0.25, 0.3) is 5.91 Å². The fourth-order valence-corrected chi connectivity index (χ4v) is 1.59. The maximum atomic E-state index is 11.8. The van der Waals surface area contributed by atoms with Gasteiger partial charge in [0.2, 0.25) is 0 Å². The smallest absolute Gasteiger partial charge is 0.336 e. The van der Waals surface area contributed by atoms with E-state index in [1.807, 2.05) is 12.1 Å². The molecule has 0 bridgehead atoms. The molecule has 0 radical (unpaired) electrons. The number of para-hydroxylation sites is 1. The minimum absolute atomic E-state index is 0.123. The molecule has 2 aromatic rings. The molecule has 1 unspecified atom stereocenters. The van der Waals surface area contributed by atoms with Crippen molar-refractivity contribution in [2.45, 2.75) is 6.10 Å². The number of carbonyl (C=O) groups excluding carboxylic acids is 2. The van der Waals surface area contributed by atoms with Crippen LogP contribution in [0.2, 0.25) is 0 Å². The van der Waals surface area contributed by atoms with Gasteiger partial charge in [-0.1, -0.05) is 18.2 Å². The van der Waals surface area contributed by atoms with Gasteiger partial charge in [0.15, 0.2) is 11.9 Å². The third-order valence-electron chi connectivity index (χ3n) is 2.58. The third-order valence-corrected chi connectivity index (χ3v) is 2.58. The lowest BCUT2D eigenvalue weighted by Gasteiger charge is -2.08.